The molecule has 0 aliphatic heterocycles. The predicted octanol–water partition coefficient (Wildman–Crippen LogP) is 15.3. The number of unbranched alkanes of at least 4 members (excludes halogenated alkanes) is 25. The van der Waals surface area contributed by atoms with Crippen LogP contribution in [0.15, 0.2) is 36.5 Å². The maximum Gasteiger partial charge on any atom is 0.306 e. The van der Waals surface area contributed by atoms with Gasteiger partial charge in [0.15, 0.2) is 0 Å². The molecule has 0 aliphatic carbocycles. The Hall–Kier alpha value is -1.84. The number of hydrogen-bond acceptors (Lipinski definition) is 3. The summed E-state index contributed by atoms with van der Waals surface area (Å²) in [5.74, 6) is -0.666. The van der Waals surface area contributed by atoms with Gasteiger partial charge in [-0.1, -0.05) is 192 Å². The minimum atomic E-state index is -0.685. The lowest BCUT2D eigenvalue weighted by atomic mass is 10.0. The molecule has 50 heavy (non-hydrogen) atoms. The molecule has 292 valence electrons. The third kappa shape index (κ3) is 40.6. The van der Waals surface area contributed by atoms with Crippen molar-refractivity contribution in [3.63, 3.8) is 0 Å². The smallest absolute Gasteiger partial charge is 0.306 e. The molecule has 0 amide bonds. The van der Waals surface area contributed by atoms with Gasteiger partial charge >= 0.3 is 11.9 Å². The summed E-state index contributed by atoms with van der Waals surface area (Å²) in [6.07, 6.45) is 54.6. The number of carbonyl (C=O) groups excluding carboxylic acids is 1. The maximum absolute atomic E-state index is 12.7. The van der Waals surface area contributed by atoms with Gasteiger partial charge in [-0.25, -0.2) is 0 Å². The molecule has 0 fully saturated rings. The van der Waals surface area contributed by atoms with Gasteiger partial charge in [-0.3, -0.25) is 9.59 Å². The summed E-state index contributed by atoms with van der Waals surface area (Å²) in [5, 5.41) is 8.79. The number of esters is 1. The molecule has 0 aromatic rings. The Morgan fingerprint density at radius 3 is 1.30 bits per heavy atom. The van der Waals surface area contributed by atoms with Crippen molar-refractivity contribution in [2.24, 2.45) is 0 Å². The molecular weight excluding hydrogens is 617 g/mol. The summed E-state index contributed by atoms with van der Waals surface area (Å²) >= 11 is 0. The lowest BCUT2D eigenvalue weighted by Crippen LogP contribution is -2.18. The number of rotatable bonds is 40. The van der Waals surface area contributed by atoms with Gasteiger partial charge in [-0.15, -0.1) is 0 Å². The number of allylic oxidation sites excluding steroid dienone is 6. The van der Waals surface area contributed by atoms with E-state index >= 15 is 0 Å². The Bertz CT molecular complexity index is 798. The van der Waals surface area contributed by atoms with Crippen LogP contribution in [0.25, 0.3) is 0 Å². The summed E-state index contributed by atoms with van der Waals surface area (Å²) in [4.78, 5) is 23.4. The molecule has 0 aromatic heterocycles. The third-order valence-electron chi connectivity index (χ3n) is 9.88. The van der Waals surface area contributed by atoms with Crippen molar-refractivity contribution in [2.45, 2.75) is 245 Å². The largest absolute Gasteiger partial charge is 0.481 e. The molecule has 1 atom stereocenters. The standard InChI is InChI=1S/C46H84O4/c1-3-5-7-9-11-13-15-16-17-18-19-20-21-22-24-26-31-35-39-43-46(49)50-44(41-37-33-29-27-30-34-38-42-45(47)48)40-36-32-28-25-23-14-12-10-8-6-4-2/h5,7,11,13,16-17,44H,3-4,6,8-10,12,14-15,18-43H2,1-2H3,(H,47,48)/b7-5-,13-11-,17-16-. The number of carbonyl (C=O) groups is 2. The highest BCUT2D eigenvalue weighted by atomic mass is 16.5. The van der Waals surface area contributed by atoms with E-state index in [9.17, 15) is 9.59 Å². The van der Waals surface area contributed by atoms with Crippen LogP contribution in [-0.4, -0.2) is 23.1 Å². The average Bonchev–Trinajstić information content (AvgIpc) is 3.10. The van der Waals surface area contributed by atoms with Crippen LogP contribution < -0.4 is 0 Å². The van der Waals surface area contributed by atoms with Gasteiger partial charge < -0.3 is 9.84 Å². The van der Waals surface area contributed by atoms with Gasteiger partial charge in [-0.05, 0) is 70.6 Å². The van der Waals surface area contributed by atoms with Crippen molar-refractivity contribution in [3.8, 4) is 0 Å². The second kappa shape index (κ2) is 41.6. The Kier molecular flexibility index (Phi) is 40.0. The highest BCUT2D eigenvalue weighted by Crippen LogP contribution is 2.19. The monoisotopic (exact) mass is 701 g/mol. The van der Waals surface area contributed by atoms with Crippen molar-refractivity contribution in [2.75, 3.05) is 0 Å². The molecule has 1 N–H and O–H groups in total. The van der Waals surface area contributed by atoms with Crippen LogP contribution in [0.4, 0.5) is 0 Å². The summed E-state index contributed by atoms with van der Waals surface area (Å²) < 4.78 is 6.06. The molecule has 0 radical (unpaired) electrons. The zero-order valence-electron chi connectivity index (χ0n) is 33.5. The first-order valence-corrected chi connectivity index (χ1v) is 22.0. The predicted molar refractivity (Wildman–Crippen MR) is 218 cm³/mol. The number of hydrogen-bond donors (Lipinski definition) is 1. The molecule has 0 rings (SSSR count). The lowest BCUT2D eigenvalue weighted by molar-refractivity contribution is -0.150. The molecule has 0 aliphatic rings. The third-order valence-corrected chi connectivity index (χ3v) is 9.88. The van der Waals surface area contributed by atoms with E-state index in [0.29, 0.717) is 12.8 Å². The Balaban J connectivity index is 4.01. The first-order valence-electron chi connectivity index (χ1n) is 22.0. The molecule has 0 spiro atoms. The molecule has 0 heterocycles. The van der Waals surface area contributed by atoms with Crippen molar-refractivity contribution in [1.82, 2.24) is 0 Å². The van der Waals surface area contributed by atoms with Gasteiger partial charge in [0, 0.05) is 12.8 Å². The van der Waals surface area contributed by atoms with Crippen molar-refractivity contribution < 1.29 is 19.4 Å². The Morgan fingerprint density at radius 1 is 0.460 bits per heavy atom. The van der Waals surface area contributed by atoms with Gasteiger partial charge in [0.25, 0.3) is 0 Å². The van der Waals surface area contributed by atoms with E-state index in [-0.39, 0.29) is 12.1 Å². The van der Waals surface area contributed by atoms with Crippen LogP contribution in [0.5, 0.6) is 0 Å². The van der Waals surface area contributed by atoms with E-state index in [1.165, 1.54) is 141 Å². The second-order valence-electron chi connectivity index (χ2n) is 14.9. The van der Waals surface area contributed by atoms with E-state index in [1.54, 1.807) is 0 Å². The van der Waals surface area contributed by atoms with Crippen LogP contribution in [0.2, 0.25) is 0 Å². The van der Waals surface area contributed by atoms with Gasteiger partial charge in [0.05, 0.1) is 0 Å². The summed E-state index contributed by atoms with van der Waals surface area (Å²) in [6, 6.07) is 0. The first-order chi connectivity index (χ1) is 24.6. The summed E-state index contributed by atoms with van der Waals surface area (Å²) in [5.41, 5.74) is 0. The number of ether oxygens (including phenoxy) is 1. The zero-order chi connectivity index (χ0) is 36.4. The van der Waals surface area contributed by atoms with Crippen molar-refractivity contribution in [3.05, 3.63) is 36.5 Å². The Morgan fingerprint density at radius 2 is 0.840 bits per heavy atom. The number of carboxylic acid groups (broad SMARTS) is 1. The number of carboxylic acids is 1. The highest BCUT2D eigenvalue weighted by molar-refractivity contribution is 5.69. The zero-order valence-corrected chi connectivity index (χ0v) is 33.5. The van der Waals surface area contributed by atoms with Gasteiger partial charge in [0.1, 0.15) is 6.10 Å². The quantitative estimate of drug-likeness (QED) is 0.0393. The van der Waals surface area contributed by atoms with Crippen molar-refractivity contribution in [1.29, 1.82) is 0 Å². The van der Waals surface area contributed by atoms with E-state index < -0.39 is 5.97 Å². The first kappa shape index (κ1) is 48.2. The maximum atomic E-state index is 12.7. The molecular formula is C46H84O4. The fourth-order valence-corrected chi connectivity index (χ4v) is 6.67. The lowest BCUT2D eigenvalue weighted by Gasteiger charge is -2.18. The van der Waals surface area contributed by atoms with Crippen LogP contribution in [0, 0.1) is 0 Å². The van der Waals surface area contributed by atoms with Crippen LogP contribution in [0.3, 0.4) is 0 Å². The highest BCUT2D eigenvalue weighted by Gasteiger charge is 2.14. The molecule has 4 nitrogen and oxygen atoms in total. The molecule has 0 saturated heterocycles. The summed E-state index contributed by atoms with van der Waals surface area (Å²) in [6.45, 7) is 4.45. The van der Waals surface area contributed by atoms with Crippen molar-refractivity contribution >= 4 is 11.9 Å². The fourth-order valence-electron chi connectivity index (χ4n) is 6.67. The van der Waals surface area contributed by atoms with E-state index in [1.807, 2.05) is 0 Å². The minimum absolute atomic E-state index is 0.0192. The molecule has 4 heteroatoms. The Labute approximate surface area is 311 Å². The SMILES string of the molecule is CC/C=C\C/C=C\C/C=C\CCCCCCCCCCCC(=O)OC(CCCCCCCCCCCCC)CCCCCCCCCC(=O)O. The van der Waals surface area contributed by atoms with Crippen LogP contribution in [-0.2, 0) is 14.3 Å². The van der Waals surface area contributed by atoms with E-state index in [4.69, 9.17) is 9.84 Å². The normalized spacial score (nSPS) is 12.5. The van der Waals surface area contributed by atoms with Gasteiger partial charge in [0.2, 0.25) is 0 Å². The minimum Gasteiger partial charge on any atom is -0.481 e. The fraction of sp³-hybridized carbons (Fsp3) is 0.826. The van der Waals surface area contributed by atoms with Crippen LogP contribution >= 0.6 is 0 Å². The summed E-state index contributed by atoms with van der Waals surface area (Å²) in [7, 11) is 0. The molecule has 0 saturated carbocycles. The van der Waals surface area contributed by atoms with Gasteiger partial charge in [-0.2, -0.15) is 0 Å². The molecule has 0 bridgehead atoms. The van der Waals surface area contributed by atoms with Crippen LogP contribution in [0.1, 0.15) is 239 Å². The second-order valence-corrected chi connectivity index (χ2v) is 14.9. The average molecular weight is 701 g/mol. The molecule has 1 unspecified atom stereocenters. The van der Waals surface area contributed by atoms with E-state index in [2.05, 4.69) is 50.3 Å². The topological polar surface area (TPSA) is 63.6 Å². The van der Waals surface area contributed by atoms with E-state index in [0.717, 1.165) is 70.6 Å². The number of aliphatic carboxylic acids is 1. The molecule has 0 aromatic carbocycles.